The standard InChI is InChI=1S/C6H7F5O2/c7-5(8,6(9,10)11)3-4-12-1-2-13-4/h4H,1-3H2. The predicted octanol–water partition coefficient (Wildman–Crippen LogP) is 1.95. The quantitative estimate of drug-likeness (QED) is 0.643. The molecule has 1 fully saturated rings. The first-order valence-corrected chi connectivity index (χ1v) is 3.51. The molecular weight excluding hydrogens is 199 g/mol. The fourth-order valence-corrected chi connectivity index (χ4v) is 0.850. The Morgan fingerprint density at radius 3 is 1.85 bits per heavy atom. The summed E-state index contributed by atoms with van der Waals surface area (Å²) < 4.78 is 68.4. The van der Waals surface area contributed by atoms with Gasteiger partial charge in [0.2, 0.25) is 0 Å². The average molecular weight is 206 g/mol. The van der Waals surface area contributed by atoms with Crippen LogP contribution in [0.2, 0.25) is 0 Å². The van der Waals surface area contributed by atoms with Crippen LogP contribution in [0.5, 0.6) is 0 Å². The average Bonchev–Trinajstić information content (AvgIpc) is 2.35. The van der Waals surface area contributed by atoms with Crippen LogP contribution >= 0.6 is 0 Å². The normalized spacial score (nSPS) is 21.0. The molecule has 1 saturated heterocycles. The molecule has 0 radical (unpaired) electrons. The summed E-state index contributed by atoms with van der Waals surface area (Å²) in [6, 6.07) is 0. The van der Waals surface area contributed by atoms with E-state index in [-0.39, 0.29) is 13.2 Å². The van der Waals surface area contributed by atoms with Crippen molar-refractivity contribution in [1.82, 2.24) is 0 Å². The maximum absolute atomic E-state index is 12.3. The van der Waals surface area contributed by atoms with E-state index in [1.807, 2.05) is 0 Å². The summed E-state index contributed by atoms with van der Waals surface area (Å²) in [4.78, 5) is 0. The maximum Gasteiger partial charge on any atom is 0.453 e. The summed E-state index contributed by atoms with van der Waals surface area (Å²) in [5.41, 5.74) is 0. The van der Waals surface area contributed by atoms with E-state index in [0.717, 1.165) is 0 Å². The molecule has 0 spiro atoms. The largest absolute Gasteiger partial charge is 0.453 e. The summed E-state index contributed by atoms with van der Waals surface area (Å²) in [6.45, 7) is 0.108. The fraction of sp³-hybridized carbons (Fsp3) is 1.00. The Labute approximate surface area is 70.6 Å². The van der Waals surface area contributed by atoms with Gasteiger partial charge in [-0.1, -0.05) is 0 Å². The first-order valence-electron chi connectivity index (χ1n) is 3.51. The minimum absolute atomic E-state index is 0.0542. The van der Waals surface area contributed by atoms with Crippen molar-refractivity contribution in [1.29, 1.82) is 0 Å². The Morgan fingerprint density at radius 2 is 1.46 bits per heavy atom. The van der Waals surface area contributed by atoms with E-state index in [2.05, 4.69) is 9.47 Å². The molecule has 0 aromatic rings. The maximum atomic E-state index is 12.3. The molecule has 0 aromatic carbocycles. The molecule has 0 aliphatic carbocycles. The van der Waals surface area contributed by atoms with E-state index in [0.29, 0.717) is 0 Å². The first kappa shape index (κ1) is 10.6. The smallest absolute Gasteiger partial charge is 0.350 e. The molecule has 2 nitrogen and oxygen atoms in total. The van der Waals surface area contributed by atoms with Gasteiger partial charge in [-0.15, -0.1) is 0 Å². The molecular formula is C6H7F5O2. The van der Waals surface area contributed by atoms with Crippen molar-refractivity contribution in [3.63, 3.8) is 0 Å². The lowest BCUT2D eigenvalue weighted by Crippen LogP contribution is -2.39. The van der Waals surface area contributed by atoms with Crippen LogP contribution in [0.15, 0.2) is 0 Å². The minimum Gasteiger partial charge on any atom is -0.350 e. The lowest BCUT2D eigenvalue weighted by molar-refractivity contribution is -0.298. The van der Waals surface area contributed by atoms with Crippen LogP contribution in [0.25, 0.3) is 0 Å². The highest BCUT2D eigenvalue weighted by Gasteiger charge is 2.58. The SMILES string of the molecule is FC(F)(F)C(F)(F)CC1OCCO1. The van der Waals surface area contributed by atoms with Crippen LogP contribution in [0, 0.1) is 0 Å². The molecule has 0 unspecified atom stereocenters. The van der Waals surface area contributed by atoms with Gasteiger partial charge in [0.15, 0.2) is 6.29 Å². The van der Waals surface area contributed by atoms with Gasteiger partial charge in [0.05, 0.1) is 19.6 Å². The van der Waals surface area contributed by atoms with Crippen LogP contribution in [0.3, 0.4) is 0 Å². The van der Waals surface area contributed by atoms with Crippen LogP contribution in [0.1, 0.15) is 6.42 Å². The summed E-state index contributed by atoms with van der Waals surface area (Å²) >= 11 is 0. The highest BCUT2D eigenvalue weighted by atomic mass is 19.4. The number of alkyl halides is 5. The molecule has 0 N–H and O–H groups in total. The lowest BCUT2D eigenvalue weighted by Gasteiger charge is -2.21. The van der Waals surface area contributed by atoms with Crippen LogP contribution in [-0.4, -0.2) is 31.6 Å². The molecule has 0 saturated carbocycles. The minimum atomic E-state index is -5.54. The zero-order chi connectivity index (χ0) is 10.1. The number of ether oxygens (including phenoxy) is 2. The Bertz CT molecular complexity index is 172. The van der Waals surface area contributed by atoms with Gasteiger partial charge in [-0.25, -0.2) is 0 Å². The van der Waals surface area contributed by atoms with Gasteiger partial charge in [0.1, 0.15) is 0 Å². The van der Waals surface area contributed by atoms with Crippen molar-refractivity contribution in [2.75, 3.05) is 13.2 Å². The van der Waals surface area contributed by atoms with Gasteiger partial charge in [-0.05, 0) is 0 Å². The monoisotopic (exact) mass is 206 g/mol. The summed E-state index contributed by atoms with van der Waals surface area (Å²) in [5, 5.41) is 0. The number of hydrogen-bond donors (Lipinski definition) is 0. The number of halogens is 5. The fourth-order valence-electron chi connectivity index (χ4n) is 0.850. The van der Waals surface area contributed by atoms with Crippen LogP contribution < -0.4 is 0 Å². The lowest BCUT2D eigenvalue weighted by atomic mass is 10.2. The summed E-state index contributed by atoms with van der Waals surface area (Å²) in [7, 11) is 0. The topological polar surface area (TPSA) is 18.5 Å². The Balaban J connectivity index is 2.50. The van der Waals surface area contributed by atoms with Gasteiger partial charge >= 0.3 is 12.1 Å². The first-order chi connectivity index (χ1) is 5.83. The Kier molecular flexibility index (Phi) is 2.76. The Morgan fingerprint density at radius 1 is 1.00 bits per heavy atom. The second kappa shape index (κ2) is 3.38. The second-order valence-corrected chi connectivity index (χ2v) is 2.58. The van der Waals surface area contributed by atoms with Crippen molar-refractivity contribution in [3.05, 3.63) is 0 Å². The third-order valence-corrected chi connectivity index (χ3v) is 1.53. The van der Waals surface area contributed by atoms with Gasteiger partial charge in [-0.2, -0.15) is 22.0 Å². The highest BCUT2D eigenvalue weighted by molar-refractivity contribution is 4.77. The highest BCUT2D eigenvalue weighted by Crippen LogP contribution is 2.39. The third kappa shape index (κ3) is 2.50. The van der Waals surface area contributed by atoms with Crippen molar-refractivity contribution in [2.24, 2.45) is 0 Å². The summed E-state index contributed by atoms with van der Waals surface area (Å²) in [6.07, 6.45) is -8.46. The molecule has 13 heavy (non-hydrogen) atoms. The molecule has 1 aliphatic heterocycles. The van der Waals surface area contributed by atoms with Gasteiger partial charge in [0.25, 0.3) is 0 Å². The van der Waals surface area contributed by atoms with Crippen molar-refractivity contribution in [2.45, 2.75) is 24.8 Å². The molecule has 0 bridgehead atoms. The van der Waals surface area contributed by atoms with E-state index >= 15 is 0 Å². The van der Waals surface area contributed by atoms with E-state index in [1.54, 1.807) is 0 Å². The van der Waals surface area contributed by atoms with E-state index in [4.69, 9.17) is 0 Å². The molecule has 0 amide bonds. The van der Waals surface area contributed by atoms with Gasteiger partial charge in [-0.3, -0.25) is 0 Å². The molecule has 0 aromatic heterocycles. The van der Waals surface area contributed by atoms with Crippen LogP contribution in [0.4, 0.5) is 22.0 Å². The summed E-state index contributed by atoms with van der Waals surface area (Å²) in [5.74, 6) is -4.75. The second-order valence-electron chi connectivity index (χ2n) is 2.58. The van der Waals surface area contributed by atoms with Crippen molar-refractivity contribution >= 4 is 0 Å². The zero-order valence-electron chi connectivity index (χ0n) is 6.40. The van der Waals surface area contributed by atoms with Crippen molar-refractivity contribution < 1.29 is 31.4 Å². The predicted molar refractivity (Wildman–Crippen MR) is 31.3 cm³/mol. The number of hydrogen-bond acceptors (Lipinski definition) is 2. The zero-order valence-corrected chi connectivity index (χ0v) is 6.40. The third-order valence-electron chi connectivity index (χ3n) is 1.53. The molecule has 7 heteroatoms. The van der Waals surface area contributed by atoms with Crippen molar-refractivity contribution in [3.8, 4) is 0 Å². The molecule has 1 aliphatic rings. The van der Waals surface area contributed by atoms with E-state index < -0.39 is 24.8 Å². The van der Waals surface area contributed by atoms with Crippen LogP contribution in [-0.2, 0) is 9.47 Å². The molecule has 78 valence electrons. The number of rotatable bonds is 2. The van der Waals surface area contributed by atoms with Gasteiger partial charge < -0.3 is 9.47 Å². The van der Waals surface area contributed by atoms with E-state index in [9.17, 15) is 22.0 Å². The molecule has 1 heterocycles. The molecule has 1 rings (SSSR count). The Hall–Kier alpha value is -0.430. The van der Waals surface area contributed by atoms with Gasteiger partial charge in [0, 0.05) is 0 Å². The molecule has 0 atom stereocenters. The van der Waals surface area contributed by atoms with E-state index in [1.165, 1.54) is 0 Å².